The Hall–Kier alpha value is -1.86. The van der Waals surface area contributed by atoms with E-state index in [-0.39, 0.29) is 0 Å². The fourth-order valence-corrected chi connectivity index (χ4v) is 3.77. The summed E-state index contributed by atoms with van der Waals surface area (Å²) in [5.74, 6) is -0.397. The number of amides is 1. The highest BCUT2D eigenvalue weighted by atomic mass is 79.9. The molecule has 0 aromatic heterocycles. The van der Waals surface area contributed by atoms with Gasteiger partial charge in [-0.2, -0.15) is 0 Å². The van der Waals surface area contributed by atoms with E-state index in [0.717, 1.165) is 20.6 Å². The number of aryl methyl sites for hydroxylation is 1. The molecule has 2 rings (SSSR count). The first-order valence-corrected chi connectivity index (χ1v) is 9.96. The lowest BCUT2D eigenvalue weighted by Crippen LogP contribution is -2.45. The highest BCUT2D eigenvalue weighted by Crippen LogP contribution is 2.23. The van der Waals surface area contributed by atoms with E-state index in [1.54, 1.807) is 43.3 Å². The lowest BCUT2D eigenvalue weighted by atomic mass is 10.2. The molecule has 1 N–H and O–H groups in total. The van der Waals surface area contributed by atoms with Crippen molar-refractivity contribution in [3.8, 4) is 0 Å². The summed E-state index contributed by atoms with van der Waals surface area (Å²) in [5, 5.41) is 2.77. The van der Waals surface area contributed by atoms with Gasteiger partial charge < -0.3 is 5.32 Å². The van der Waals surface area contributed by atoms with Gasteiger partial charge in [-0.3, -0.25) is 9.10 Å². The molecule has 24 heavy (non-hydrogen) atoms. The second-order valence-electron chi connectivity index (χ2n) is 5.52. The van der Waals surface area contributed by atoms with Crippen LogP contribution in [-0.4, -0.2) is 26.6 Å². The third-order valence-corrected chi connectivity index (χ3v) is 5.66. The number of nitrogens with one attached hydrogen (secondary N) is 1. The second-order valence-corrected chi connectivity index (χ2v) is 8.24. The van der Waals surface area contributed by atoms with Crippen LogP contribution in [0.15, 0.2) is 53.0 Å². The van der Waals surface area contributed by atoms with Crippen molar-refractivity contribution in [3.05, 3.63) is 58.6 Å². The maximum Gasteiger partial charge on any atom is 0.247 e. The smallest absolute Gasteiger partial charge is 0.247 e. The first-order valence-electron chi connectivity index (χ1n) is 7.31. The Morgan fingerprint density at radius 1 is 1.17 bits per heavy atom. The summed E-state index contributed by atoms with van der Waals surface area (Å²) in [7, 11) is -3.60. The van der Waals surface area contributed by atoms with Gasteiger partial charge >= 0.3 is 0 Å². The summed E-state index contributed by atoms with van der Waals surface area (Å²) in [4.78, 5) is 12.5. The average Bonchev–Trinajstić information content (AvgIpc) is 2.50. The van der Waals surface area contributed by atoms with Gasteiger partial charge in [-0.1, -0.05) is 34.1 Å². The van der Waals surface area contributed by atoms with E-state index in [1.165, 1.54) is 0 Å². The van der Waals surface area contributed by atoms with E-state index in [4.69, 9.17) is 0 Å². The number of anilines is 2. The van der Waals surface area contributed by atoms with Gasteiger partial charge in [-0.15, -0.1) is 0 Å². The van der Waals surface area contributed by atoms with Crippen LogP contribution in [0.25, 0.3) is 0 Å². The molecule has 0 fully saturated rings. The minimum Gasteiger partial charge on any atom is -0.324 e. The molecule has 0 radical (unpaired) electrons. The monoisotopic (exact) mass is 410 g/mol. The summed E-state index contributed by atoms with van der Waals surface area (Å²) >= 11 is 3.40. The Balaban J connectivity index is 2.27. The fraction of sp³-hybridized carbons (Fsp3) is 0.235. The SMILES string of the molecule is Cc1cc(NC(=O)[C@H](C)N(c2ccccc2)S(C)(=O)=O)ccc1Br. The van der Waals surface area contributed by atoms with Gasteiger partial charge in [-0.25, -0.2) is 8.42 Å². The molecule has 2 aromatic rings. The number of benzene rings is 2. The summed E-state index contributed by atoms with van der Waals surface area (Å²) in [6, 6.07) is 13.1. The van der Waals surface area contributed by atoms with Crippen LogP contribution in [0.4, 0.5) is 11.4 Å². The quantitative estimate of drug-likeness (QED) is 0.819. The Morgan fingerprint density at radius 3 is 2.33 bits per heavy atom. The molecule has 0 aliphatic heterocycles. The number of hydrogen-bond acceptors (Lipinski definition) is 3. The van der Waals surface area contributed by atoms with Crippen LogP contribution in [0, 0.1) is 6.92 Å². The zero-order valence-electron chi connectivity index (χ0n) is 13.7. The molecular formula is C17H19BrN2O3S. The number of halogens is 1. The number of carbonyl (C=O) groups excluding carboxylic acids is 1. The summed E-state index contributed by atoms with van der Waals surface area (Å²) in [6.07, 6.45) is 1.09. The Bertz CT molecular complexity index is 838. The van der Waals surface area contributed by atoms with Gasteiger partial charge in [0.1, 0.15) is 6.04 Å². The van der Waals surface area contributed by atoms with Gasteiger partial charge in [0.25, 0.3) is 0 Å². The Labute approximate surface area is 150 Å². The van der Waals surface area contributed by atoms with E-state index in [1.807, 2.05) is 19.1 Å². The first kappa shape index (κ1) is 18.5. The maximum atomic E-state index is 12.5. The van der Waals surface area contributed by atoms with E-state index in [9.17, 15) is 13.2 Å². The van der Waals surface area contributed by atoms with E-state index in [2.05, 4.69) is 21.2 Å². The minimum absolute atomic E-state index is 0.397. The summed E-state index contributed by atoms with van der Waals surface area (Å²) in [5.41, 5.74) is 2.05. The molecule has 0 bridgehead atoms. The molecule has 5 nitrogen and oxygen atoms in total. The maximum absolute atomic E-state index is 12.5. The van der Waals surface area contributed by atoms with E-state index < -0.39 is 22.0 Å². The number of rotatable bonds is 5. The number of carbonyl (C=O) groups is 1. The van der Waals surface area contributed by atoms with Crippen molar-refractivity contribution in [2.24, 2.45) is 0 Å². The second kappa shape index (κ2) is 7.36. The molecule has 0 aliphatic rings. The molecule has 1 atom stereocenters. The van der Waals surface area contributed by atoms with Crippen molar-refractivity contribution in [3.63, 3.8) is 0 Å². The van der Waals surface area contributed by atoms with Crippen LogP contribution in [-0.2, 0) is 14.8 Å². The zero-order chi connectivity index (χ0) is 17.9. The highest BCUT2D eigenvalue weighted by molar-refractivity contribution is 9.10. The molecular weight excluding hydrogens is 392 g/mol. The van der Waals surface area contributed by atoms with Crippen molar-refractivity contribution in [2.75, 3.05) is 15.9 Å². The molecule has 2 aromatic carbocycles. The van der Waals surface area contributed by atoms with E-state index >= 15 is 0 Å². The van der Waals surface area contributed by atoms with Crippen molar-refractivity contribution in [1.82, 2.24) is 0 Å². The largest absolute Gasteiger partial charge is 0.324 e. The molecule has 0 aliphatic carbocycles. The summed E-state index contributed by atoms with van der Waals surface area (Å²) in [6.45, 7) is 3.48. The van der Waals surface area contributed by atoms with Crippen molar-refractivity contribution < 1.29 is 13.2 Å². The van der Waals surface area contributed by atoms with Crippen LogP contribution < -0.4 is 9.62 Å². The lowest BCUT2D eigenvalue weighted by Gasteiger charge is -2.28. The van der Waals surface area contributed by atoms with Crippen molar-refractivity contribution >= 4 is 43.2 Å². The van der Waals surface area contributed by atoms with Gasteiger partial charge in [0.2, 0.25) is 15.9 Å². The molecule has 1 amide bonds. The molecule has 0 heterocycles. The van der Waals surface area contributed by atoms with Crippen LogP contribution in [0.2, 0.25) is 0 Å². The van der Waals surface area contributed by atoms with Crippen molar-refractivity contribution in [1.29, 1.82) is 0 Å². The lowest BCUT2D eigenvalue weighted by molar-refractivity contribution is -0.116. The van der Waals surface area contributed by atoms with Gasteiger partial charge in [0, 0.05) is 10.2 Å². The number of para-hydroxylation sites is 1. The molecule has 7 heteroatoms. The summed E-state index contributed by atoms with van der Waals surface area (Å²) < 4.78 is 26.4. The van der Waals surface area contributed by atoms with E-state index in [0.29, 0.717) is 11.4 Å². The minimum atomic E-state index is -3.60. The number of hydrogen-bond donors (Lipinski definition) is 1. The Kier molecular flexibility index (Phi) is 5.66. The molecule has 0 saturated heterocycles. The van der Waals surface area contributed by atoms with Crippen LogP contribution in [0.1, 0.15) is 12.5 Å². The van der Waals surface area contributed by atoms with Gasteiger partial charge in [0.15, 0.2) is 0 Å². The molecule has 0 unspecified atom stereocenters. The molecule has 0 saturated carbocycles. The van der Waals surface area contributed by atoms with Gasteiger partial charge in [-0.05, 0) is 49.7 Å². The molecule has 0 spiro atoms. The van der Waals surface area contributed by atoms with Gasteiger partial charge in [0.05, 0.1) is 11.9 Å². The Morgan fingerprint density at radius 2 is 1.79 bits per heavy atom. The predicted octanol–water partition coefficient (Wildman–Crippen LogP) is 3.55. The number of sulfonamides is 1. The normalized spacial score (nSPS) is 12.5. The highest BCUT2D eigenvalue weighted by Gasteiger charge is 2.29. The van der Waals surface area contributed by atoms with Crippen LogP contribution in [0.3, 0.4) is 0 Å². The molecule has 128 valence electrons. The third-order valence-electron chi connectivity index (χ3n) is 3.52. The zero-order valence-corrected chi connectivity index (χ0v) is 16.1. The van der Waals surface area contributed by atoms with Crippen molar-refractivity contribution in [2.45, 2.75) is 19.9 Å². The topological polar surface area (TPSA) is 66.5 Å². The van der Waals surface area contributed by atoms with Crippen LogP contribution in [0.5, 0.6) is 0 Å². The van der Waals surface area contributed by atoms with Crippen LogP contribution >= 0.6 is 15.9 Å². The predicted molar refractivity (Wildman–Crippen MR) is 101 cm³/mol. The first-order chi connectivity index (χ1) is 11.2. The fourth-order valence-electron chi connectivity index (χ4n) is 2.35. The average molecular weight is 411 g/mol. The standard InChI is InChI=1S/C17H19BrN2O3S/c1-12-11-14(9-10-16(12)18)19-17(21)13(2)20(24(3,22)23)15-7-5-4-6-8-15/h4-11,13H,1-3H3,(H,19,21)/t13-/m0/s1. The number of nitrogens with zero attached hydrogens (tertiary/aromatic N) is 1. The third kappa shape index (κ3) is 4.36.